The number of pyridine rings is 1. The maximum Gasteiger partial charge on any atom is 0.405 e. The van der Waals surface area contributed by atoms with Gasteiger partial charge >= 0.3 is 6.09 Å². The van der Waals surface area contributed by atoms with Crippen LogP contribution < -0.4 is 5.32 Å². The molecule has 3 N–H and O–H groups in total. The van der Waals surface area contributed by atoms with Gasteiger partial charge in [0.1, 0.15) is 11.9 Å². The summed E-state index contributed by atoms with van der Waals surface area (Å²) in [6.45, 7) is 4.10. The van der Waals surface area contributed by atoms with E-state index in [0.717, 1.165) is 6.42 Å². The quantitative estimate of drug-likeness (QED) is 0.342. The van der Waals surface area contributed by atoms with Crippen LogP contribution in [0.25, 0.3) is 22.4 Å². The first-order valence-electron chi connectivity index (χ1n) is 11.3. The summed E-state index contributed by atoms with van der Waals surface area (Å²) in [5.41, 5.74) is 2.40. The lowest BCUT2D eigenvalue weighted by atomic mass is 10.0. The van der Waals surface area contributed by atoms with Gasteiger partial charge in [-0.05, 0) is 37.0 Å². The number of aromatic amines is 1. The van der Waals surface area contributed by atoms with Gasteiger partial charge in [0.2, 0.25) is 5.91 Å². The van der Waals surface area contributed by atoms with E-state index >= 15 is 0 Å². The Hall–Kier alpha value is -4.28. The predicted molar refractivity (Wildman–Crippen MR) is 127 cm³/mol. The average Bonchev–Trinajstić information content (AvgIpc) is 3.52. The van der Waals surface area contributed by atoms with E-state index in [0.29, 0.717) is 41.2 Å². The predicted octanol–water partition coefficient (Wildman–Crippen LogP) is 4.00. The molecule has 35 heavy (non-hydrogen) atoms. The maximum absolute atomic E-state index is 13.2. The van der Waals surface area contributed by atoms with Crippen molar-refractivity contribution in [2.24, 2.45) is 5.92 Å². The zero-order chi connectivity index (χ0) is 25.1. The highest BCUT2D eigenvalue weighted by Crippen LogP contribution is 2.35. The van der Waals surface area contributed by atoms with Crippen molar-refractivity contribution < 1.29 is 19.6 Å². The molecule has 11 nitrogen and oxygen atoms in total. The van der Waals surface area contributed by atoms with Gasteiger partial charge in [-0.2, -0.15) is 0 Å². The molecule has 2 aromatic heterocycles. The number of carboxylic acid groups (broad SMARTS) is 1. The molecule has 1 aliphatic heterocycles. The molecule has 11 heteroatoms. The summed E-state index contributed by atoms with van der Waals surface area (Å²) < 4.78 is 0. The number of imidazole rings is 1. The van der Waals surface area contributed by atoms with Crippen LogP contribution in [0.1, 0.15) is 38.6 Å². The average molecular weight is 479 g/mol. The highest BCUT2D eigenvalue weighted by Gasteiger charge is 2.37. The number of nitro groups is 1. The second-order valence-electron chi connectivity index (χ2n) is 8.77. The molecule has 182 valence electrons. The van der Waals surface area contributed by atoms with Crippen LogP contribution in [0.5, 0.6) is 0 Å². The van der Waals surface area contributed by atoms with Crippen LogP contribution in [-0.4, -0.2) is 54.5 Å². The number of benzene rings is 1. The molecule has 3 heterocycles. The Bertz CT molecular complexity index is 1240. The minimum Gasteiger partial charge on any atom is -0.465 e. The Balaban J connectivity index is 1.63. The number of nitrogens with one attached hydrogen (secondary N) is 2. The number of carbonyl (C=O) groups excluding carboxylic acids is 1. The molecule has 1 saturated heterocycles. The molecular formula is C24H26N6O5. The van der Waals surface area contributed by atoms with E-state index in [1.807, 2.05) is 0 Å². The molecule has 2 amide bonds. The van der Waals surface area contributed by atoms with E-state index < -0.39 is 17.1 Å². The van der Waals surface area contributed by atoms with Crippen LogP contribution in [0.4, 0.5) is 10.5 Å². The monoisotopic (exact) mass is 478 g/mol. The van der Waals surface area contributed by atoms with Gasteiger partial charge in [0, 0.05) is 36.1 Å². The highest BCUT2D eigenvalue weighted by atomic mass is 16.6. The van der Waals surface area contributed by atoms with Crippen molar-refractivity contribution in [2.75, 3.05) is 6.54 Å². The van der Waals surface area contributed by atoms with Gasteiger partial charge in [-0.3, -0.25) is 19.9 Å². The first-order chi connectivity index (χ1) is 16.8. The number of likely N-dealkylation sites (tertiary alicyclic amines) is 1. The van der Waals surface area contributed by atoms with Crippen molar-refractivity contribution in [2.45, 2.75) is 38.8 Å². The normalized spacial score (nSPS) is 16.3. The van der Waals surface area contributed by atoms with E-state index in [2.05, 4.69) is 20.3 Å². The number of carbonyl (C=O) groups is 2. The summed E-state index contributed by atoms with van der Waals surface area (Å²) >= 11 is 0. The van der Waals surface area contributed by atoms with Gasteiger partial charge in [0.25, 0.3) is 5.69 Å². The van der Waals surface area contributed by atoms with E-state index in [4.69, 9.17) is 5.11 Å². The third-order valence-electron chi connectivity index (χ3n) is 6.14. The fourth-order valence-corrected chi connectivity index (χ4v) is 4.41. The third kappa shape index (κ3) is 4.98. The van der Waals surface area contributed by atoms with Crippen LogP contribution in [0.3, 0.4) is 0 Å². The number of nitrogens with zero attached hydrogens (tertiary/aromatic N) is 4. The number of hydrogen-bond donors (Lipinski definition) is 3. The number of hydrogen-bond acceptors (Lipinski definition) is 6. The van der Waals surface area contributed by atoms with Gasteiger partial charge in [0.05, 0.1) is 28.4 Å². The fraction of sp³-hybridized carbons (Fsp3) is 0.333. The van der Waals surface area contributed by atoms with Crippen molar-refractivity contribution in [3.05, 3.63) is 64.9 Å². The van der Waals surface area contributed by atoms with Crippen LogP contribution in [0, 0.1) is 16.0 Å². The summed E-state index contributed by atoms with van der Waals surface area (Å²) in [6.07, 6.45) is 5.04. The fourth-order valence-electron chi connectivity index (χ4n) is 4.41. The minimum absolute atomic E-state index is 0.0280. The molecule has 3 aromatic rings. The van der Waals surface area contributed by atoms with Gasteiger partial charge in [0.15, 0.2) is 0 Å². The number of nitro benzene ring substituents is 1. The maximum atomic E-state index is 13.2. The molecule has 2 atom stereocenters. The van der Waals surface area contributed by atoms with Crippen molar-refractivity contribution in [1.29, 1.82) is 0 Å². The number of aromatic nitrogens is 3. The Labute approximate surface area is 201 Å². The zero-order valence-corrected chi connectivity index (χ0v) is 19.3. The van der Waals surface area contributed by atoms with E-state index in [9.17, 15) is 19.7 Å². The van der Waals surface area contributed by atoms with Crippen LogP contribution in [0.15, 0.2) is 48.9 Å². The third-order valence-corrected chi connectivity index (χ3v) is 6.14. The van der Waals surface area contributed by atoms with Crippen molar-refractivity contribution in [1.82, 2.24) is 25.2 Å². The Morgan fingerprint density at radius 3 is 2.71 bits per heavy atom. The van der Waals surface area contributed by atoms with Crippen LogP contribution in [0.2, 0.25) is 0 Å². The molecule has 1 aromatic carbocycles. The molecule has 1 aliphatic rings. The largest absolute Gasteiger partial charge is 0.465 e. The molecule has 0 aliphatic carbocycles. The van der Waals surface area contributed by atoms with Crippen LogP contribution in [-0.2, 0) is 4.79 Å². The molecule has 0 radical (unpaired) electrons. The van der Waals surface area contributed by atoms with Gasteiger partial charge in [-0.1, -0.05) is 19.9 Å². The van der Waals surface area contributed by atoms with Crippen molar-refractivity contribution in [3.63, 3.8) is 0 Å². The minimum atomic E-state index is -1.24. The highest BCUT2D eigenvalue weighted by molar-refractivity contribution is 5.86. The number of rotatable bonds is 7. The van der Waals surface area contributed by atoms with E-state index in [1.54, 1.807) is 61.6 Å². The van der Waals surface area contributed by atoms with Gasteiger partial charge in [-0.25, -0.2) is 9.78 Å². The summed E-state index contributed by atoms with van der Waals surface area (Å²) in [5, 5.41) is 23.1. The Morgan fingerprint density at radius 1 is 1.26 bits per heavy atom. The molecular weight excluding hydrogens is 452 g/mol. The molecule has 0 unspecified atom stereocenters. The lowest BCUT2D eigenvalue weighted by Gasteiger charge is -2.29. The summed E-state index contributed by atoms with van der Waals surface area (Å²) in [4.78, 5) is 49.0. The molecule has 0 spiro atoms. The summed E-state index contributed by atoms with van der Waals surface area (Å²) in [6, 6.07) is 7.14. The van der Waals surface area contributed by atoms with E-state index in [1.165, 1.54) is 6.07 Å². The van der Waals surface area contributed by atoms with Crippen molar-refractivity contribution >= 4 is 17.7 Å². The van der Waals surface area contributed by atoms with Gasteiger partial charge in [-0.15, -0.1) is 0 Å². The molecule has 0 saturated carbocycles. The molecule has 4 rings (SSSR count). The first kappa shape index (κ1) is 23.9. The standard InChI is InChI=1S/C24H26N6O5/c1-14(2)21(28-24(32)33)23(31)29-10-4-6-20(29)22-26-13-18(27-22)15-7-8-19(30(34)35)17(11-15)16-5-3-9-25-12-16/h3,5,7-9,11-14,20-21,28H,4,6,10H2,1-2H3,(H,26,27)(H,32,33)/t20-,21-/m0/s1. The summed E-state index contributed by atoms with van der Waals surface area (Å²) in [5.74, 6) is 0.0973. The molecule has 1 fully saturated rings. The zero-order valence-electron chi connectivity index (χ0n) is 19.3. The Kier molecular flexibility index (Phi) is 6.76. The second-order valence-corrected chi connectivity index (χ2v) is 8.77. The molecule has 0 bridgehead atoms. The Morgan fingerprint density at radius 2 is 2.06 bits per heavy atom. The van der Waals surface area contributed by atoms with Gasteiger partial charge < -0.3 is 20.3 Å². The van der Waals surface area contributed by atoms with Crippen molar-refractivity contribution in [3.8, 4) is 22.4 Å². The number of amides is 2. The smallest absolute Gasteiger partial charge is 0.405 e. The SMILES string of the molecule is CC(C)[C@H](NC(=O)O)C(=O)N1CCC[C@H]1c1ncc(-c2ccc([N+](=O)[O-])c(-c3cccnc3)c2)[nH]1. The summed E-state index contributed by atoms with van der Waals surface area (Å²) in [7, 11) is 0. The second kappa shape index (κ2) is 9.92. The lowest BCUT2D eigenvalue weighted by molar-refractivity contribution is -0.384. The lowest BCUT2D eigenvalue weighted by Crippen LogP contribution is -2.50. The van der Waals surface area contributed by atoms with E-state index in [-0.39, 0.29) is 23.6 Å². The number of H-pyrrole nitrogens is 1. The topological polar surface area (TPSA) is 154 Å². The van der Waals surface area contributed by atoms with Crippen LogP contribution >= 0.6 is 0 Å². The first-order valence-corrected chi connectivity index (χ1v) is 11.3.